The third-order valence-corrected chi connectivity index (χ3v) is 3.86. The normalized spacial score (nSPS) is 10.9. The van der Waals surface area contributed by atoms with Gasteiger partial charge in [-0.1, -0.05) is 65.3 Å². The lowest BCUT2D eigenvalue weighted by Gasteiger charge is -2.04. The van der Waals surface area contributed by atoms with Crippen LogP contribution in [0.15, 0.2) is 71.3 Å². The summed E-state index contributed by atoms with van der Waals surface area (Å²) < 4.78 is 11.0. The topological polar surface area (TPSA) is 48.2 Å². The molecule has 0 radical (unpaired) electrons. The second-order valence-electron chi connectivity index (χ2n) is 5.68. The molecule has 4 nitrogen and oxygen atoms in total. The minimum atomic E-state index is 0.247. The number of benzene rings is 3. The summed E-state index contributed by atoms with van der Waals surface area (Å²) in [5.41, 5.74) is 2.13. The molecule has 0 unspecified atom stereocenters. The molecule has 4 rings (SSSR count). The van der Waals surface area contributed by atoms with Gasteiger partial charge in [0.2, 0.25) is 5.82 Å². The number of fused-ring (bicyclic) bond motifs is 1. The zero-order valence-electron chi connectivity index (χ0n) is 13.3. The van der Waals surface area contributed by atoms with Crippen molar-refractivity contribution in [2.24, 2.45) is 0 Å². The molecule has 1 heterocycles. The fraction of sp³-hybridized carbons (Fsp3) is 0.100. The average Bonchev–Trinajstić information content (AvgIpc) is 3.09. The second kappa shape index (κ2) is 6.16. The van der Waals surface area contributed by atoms with Gasteiger partial charge in [-0.05, 0) is 29.8 Å². The maximum Gasteiger partial charge on any atom is 0.264 e. The van der Waals surface area contributed by atoms with Gasteiger partial charge < -0.3 is 9.26 Å². The Bertz CT molecular complexity index is 974. The van der Waals surface area contributed by atoms with E-state index in [1.54, 1.807) is 0 Å². The number of hydrogen-bond acceptors (Lipinski definition) is 4. The average molecular weight is 316 g/mol. The summed E-state index contributed by atoms with van der Waals surface area (Å²) in [7, 11) is 0. The van der Waals surface area contributed by atoms with Crippen molar-refractivity contribution in [3.63, 3.8) is 0 Å². The first kappa shape index (κ1) is 14.5. The van der Waals surface area contributed by atoms with Gasteiger partial charge in [-0.25, -0.2) is 0 Å². The summed E-state index contributed by atoms with van der Waals surface area (Å²) in [5, 5.41) is 6.34. The van der Waals surface area contributed by atoms with Gasteiger partial charge in [0.15, 0.2) is 6.61 Å². The molecule has 0 aliphatic carbocycles. The third kappa shape index (κ3) is 2.99. The van der Waals surface area contributed by atoms with E-state index in [0.717, 1.165) is 16.7 Å². The highest BCUT2D eigenvalue weighted by Gasteiger charge is 2.09. The van der Waals surface area contributed by atoms with E-state index in [0.29, 0.717) is 11.7 Å². The summed E-state index contributed by atoms with van der Waals surface area (Å²) in [4.78, 5) is 4.38. The van der Waals surface area contributed by atoms with E-state index in [1.165, 1.54) is 10.9 Å². The maximum absolute atomic E-state index is 5.77. The molecule has 0 N–H and O–H groups in total. The quantitative estimate of drug-likeness (QED) is 0.544. The molecule has 0 aliphatic rings. The molecule has 0 spiro atoms. The number of rotatable bonds is 4. The lowest BCUT2D eigenvalue weighted by molar-refractivity contribution is 0.243. The first-order chi connectivity index (χ1) is 11.8. The molecule has 1 aromatic heterocycles. The van der Waals surface area contributed by atoms with Crippen LogP contribution in [0.1, 0.15) is 11.5 Å². The van der Waals surface area contributed by atoms with Gasteiger partial charge in [0.25, 0.3) is 5.89 Å². The summed E-state index contributed by atoms with van der Waals surface area (Å²) in [6.07, 6.45) is 0. The molecule has 4 heteroatoms. The van der Waals surface area contributed by atoms with Gasteiger partial charge in [0, 0.05) is 5.56 Å². The first-order valence-electron chi connectivity index (χ1n) is 7.79. The molecule has 0 saturated carbocycles. The van der Waals surface area contributed by atoms with E-state index >= 15 is 0 Å². The fourth-order valence-corrected chi connectivity index (χ4v) is 2.54. The van der Waals surface area contributed by atoms with E-state index < -0.39 is 0 Å². The van der Waals surface area contributed by atoms with Gasteiger partial charge in [-0.2, -0.15) is 4.98 Å². The summed E-state index contributed by atoms with van der Waals surface area (Å²) in [6, 6.07) is 22.2. The summed E-state index contributed by atoms with van der Waals surface area (Å²) in [5.74, 6) is 1.81. The van der Waals surface area contributed by atoms with Crippen LogP contribution in [0.5, 0.6) is 5.75 Å². The van der Waals surface area contributed by atoms with Crippen LogP contribution in [-0.2, 0) is 6.61 Å². The van der Waals surface area contributed by atoms with E-state index in [9.17, 15) is 0 Å². The van der Waals surface area contributed by atoms with E-state index in [2.05, 4.69) is 22.3 Å². The minimum absolute atomic E-state index is 0.247. The van der Waals surface area contributed by atoms with Crippen molar-refractivity contribution in [2.45, 2.75) is 13.5 Å². The van der Waals surface area contributed by atoms with Crippen molar-refractivity contribution >= 4 is 10.8 Å². The van der Waals surface area contributed by atoms with Crippen LogP contribution >= 0.6 is 0 Å². The van der Waals surface area contributed by atoms with Crippen LogP contribution in [-0.4, -0.2) is 10.1 Å². The van der Waals surface area contributed by atoms with Gasteiger partial charge >= 0.3 is 0 Å². The lowest BCUT2D eigenvalue weighted by Crippen LogP contribution is -1.95. The number of aryl methyl sites for hydroxylation is 1. The van der Waals surface area contributed by atoms with E-state index in [-0.39, 0.29) is 6.61 Å². The molecule has 0 saturated heterocycles. The van der Waals surface area contributed by atoms with Gasteiger partial charge in [-0.15, -0.1) is 0 Å². The van der Waals surface area contributed by atoms with Gasteiger partial charge in [0.05, 0.1) is 0 Å². The molecule has 0 amide bonds. The third-order valence-electron chi connectivity index (χ3n) is 3.86. The van der Waals surface area contributed by atoms with Crippen molar-refractivity contribution < 1.29 is 9.26 Å². The monoisotopic (exact) mass is 316 g/mol. The van der Waals surface area contributed by atoms with Crippen LogP contribution in [0.25, 0.3) is 22.2 Å². The molecular weight excluding hydrogens is 300 g/mol. The van der Waals surface area contributed by atoms with Crippen molar-refractivity contribution in [2.75, 3.05) is 0 Å². The highest BCUT2D eigenvalue weighted by molar-refractivity contribution is 5.83. The summed E-state index contributed by atoms with van der Waals surface area (Å²) in [6.45, 7) is 2.29. The van der Waals surface area contributed by atoms with Crippen LogP contribution < -0.4 is 4.74 Å². The van der Waals surface area contributed by atoms with Crippen molar-refractivity contribution in [3.05, 3.63) is 78.2 Å². The smallest absolute Gasteiger partial charge is 0.264 e. The largest absolute Gasteiger partial charge is 0.484 e. The van der Waals surface area contributed by atoms with Crippen molar-refractivity contribution in [3.8, 4) is 17.1 Å². The Balaban J connectivity index is 1.48. The Labute approximate surface area is 139 Å². The Morgan fingerprint density at radius 3 is 2.54 bits per heavy atom. The zero-order chi connectivity index (χ0) is 16.4. The fourth-order valence-electron chi connectivity index (χ4n) is 2.54. The zero-order valence-corrected chi connectivity index (χ0v) is 13.3. The van der Waals surface area contributed by atoms with Crippen LogP contribution in [0.3, 0.4) is 0 Å². The van der Waals surface area contributed by atoms with Crippen molar-refractivity contribution in [1.82, 2.24) is 10.1 Å². The molecule has 0 bridgehead atoms. The highest BCUT2D eigenvalue weighted by Crippen LogP contribution is 2.22. The molecule has 118 valence electrons. The Morgan fingerprint density at radius 1 is 0.917 bits per heavy atom. The SMILES string of the molecule is Cc1ccc(-c2noc(COc3ccc4ccccc4c3)n2)cc1. The molecule has 3 aromatic carbocycles. The van der Waals surface area contributed by atoms with Crippen LogP contribution in [0, 0.1) is 6.92 Å². The standard InChI is InChI=1S/C20H16N2O2/c1-14-6-8-16(9-7-14)20-21-19(24-22-20)13-23-18-11-10-15-4-2-3-5-17(15)12-18/h2-12H,13H2,1H3. The lowest BCUT2D eigenvalue weighted by atomic mass is 10.1. The minimum Gasteiger partial charge on any atom is -0.484 e. The molecule has 4 aromatic rings. The van der Waals surface area contributed by atoms with Gasteiger partial charge in [0.1, 0.15) is 5.75 Å². The predicted molar refractivity (Wildman–Crippen MR) is 92.8 cm³/mol. The Kier molecular flexibility index (Phi) is 3.71. The van der Waals surface area contributed by atoms with E-state index in [4.69, 9.17) is 9.26 Å². The molecule has 0 fully saturated rings. The molecular formula is C20H16N2O2. The first-order valence-corrected chi connectivity index (χ1v) is 7.79. The maximum atomic E-state index is 5.77. The van der Waals surface area contributed by atoms with Crippen molar-refractivity contribution in [1.29, 1.82) is 0 Å². The molecule has 0 aliphatic heterocycles. The van der Waals surface area contributed by atoms with Gasteiger partial charge in [-0.3, -0.25) is 0 Å². The number of aromatic nitrogens is 2. The number of hydrogen-bond donors (Lipinski definition) is 0. The van der Waals surface area contributed by atoms with E-state index in [1.807, 2.05) is 61.5 Å². The highest BCUT2D eigenvalue weighted by atomic mass is 16.5. The Hall–Kier alpha value is -3.14. The number of nitrogens with zero attached hydrogens (tertiary/aromatic N) is 2. The van der Waals surface area contributed by atoms with Crippen LogP contribution in [0.4, 0.5) is 0 Å². The predicted octanol–water partition coefficient (Wildman–Crippen LogP) is 4.78. The molecule has 0 atom stereocenters. The number of ether oxygens (including phenoxy) is 1. The Morgan fingerprint density at radius 2 is 1.71 bits per heavy atom. The van der Waals surface area contributed by atoms with Crippen LogP contribution in [0.2, 0.25) is 0 Å². The molecule has 24 heavy (non-hydrogen) atoms. The summed E-state index contributed by atoms with van der Waals surface area (Å²) >= 11 is 0. The second-order valence-corrected chi connectivity index (χ2v) is 5.68.